The molecule has 0 saturated carbocycles. The summed E-state index contributed by atoms with van der Waals surface area (Å²) in [6.07, 6.45) is 3.82. The van der Waals surface area contributed by atoms with Crippen LogP contribution in [0.5, 0.6) is 0 Å². The molecule has 1 N–H and O–H groups in total. The van der Waals surface area contributed by atoms with E-state index < -0.39 is 0 Å². The highest BCUT2D eigenvalue weighted by atomic mass is 16.5. The number of nitrogens with one attached hydrogen (secondary N) is 1. The molecular weight excluding hydrogens is 204 g/mol. The largest absolute Gasteiger partial charge is 0.374 e. The molecule has 0 aromatic rings. The van der Waals surface area contributed by atoms with Crippen LogP contribution in [0.1, 0.15) is 32.6 Å². The van der Waals surface area contributed by atoms with Gasteiger partial charge in [0.05, 0.1) is 5.60 Å². The molecule has 0 aromatic carbocycles. The highest BCUT2D eigenvalue weighted by Gasteiger charge is 2.28. The maximum Gasteiger partial charge on any atom is 0.222 e. The van der Waals surface area contributed by atoms with Crippen LogP contribution in [0.2, 0.25) is 0 Å². The van der Waals surface area contributed by atoms with E-state index in [4.69, 9.17) is 4.74 Å². The third kappa shape index (κ3) is 4.49. The monoisotopic (exact) mass is 228 g/mol. The second kappa shape index (κ2) is 6.21. The van der Waals surface area contributed by atoms with Crippen LogP contribution in [0.15, 0.2) is 0 Å². The average molecular weight is 228 g/mol. The summed E-state index contributed by atoms with van der Waals surface area (Å²) < 4.78 is 5.67. The van der Waals surface area contributed by atoms with Gasteiger partial charge in [-0.05, 0) is 32.7 Å². The summed E-state index contributed by atoms with van der Waals surface area (Å²) in [7, 11) is 3.59. The lowest BCUT2D eigenvalue weighted by Crippen LogP contribution is -2.37. The van der Waals surface area contributed by atoms with Gasteiger partial charge in [0.1, 0.15) is 0 Å². The molecule has 0 bridgehead atoms. The number of nitrogens with zero attached hydrogens (tertiary/aromatic N) is 1. The summed E-state index contributed by atoms with van der Waals surface area (Å²) in [6, 6.07) is 0. The zero-order valence-electron chi connectivity index (χ0n) is 10.7. The van der Waals surface area contributed by atoms with Gasteiger partial charge < -0.3 is 15.0 Å². The van der Waals surface area contributed by atoms with Crippen molar-refractivity contribution in [3.05, 3.63) is 0 Å². The lowest BCUT2D eigenvalue weighted by Gasteiger charge is -2.23. The minimum absolute atomic E-state index is 0.0194. The molecule has 1 unspecified atom stereocenters. The Hall–Kier alpha value is -0.610. The van der Waals surface area contributed by atoms with Crippen molar-refractivity contribution < 1.29 is 9.53 Å². The zero-order valence-corrected chi connectivity index (χ0v) is 10.7. The van der Waals surface area contributed by atoms with Gasteiger partial charge in [-0.3, -0.25) is 4.79 Å². The van der Waals surface area contributed by atoms with E-state index in [2.05, 4.69) is 12.2 Å². The molecule has 1 aliphatic rings. The Balaban J connectivity index is 2.01. The molecule has 0 spiro atoms. The van der Waals surface area contributed by atoms with Crippen molar-refractivity contribution in [2.24, 2.45) is 0 Å². The van der Waals surface area contributed by atoms with E-state index >= 15 is 0 Å². The van der Waals surface area contributed by atoms with Crippen LogP contribution in [-0.4, -0.2) is 50.2 Å². The first kappa shape index (κ1) is 13.5. The van der Waals surface area contributed by atoms with Crippen LogP contribution in [0.3, 0.4) is 0 Å². The highest BCUT2D eigenvalue weighted by Crippen LogP contribution is 2.23. The molecule has 1 heterocycles. The maximum absolute atomic E-state index is 11.3. The number of hydrogen-bond donors (Lipinski definition) is 1. The predicted molar refractivity (Wildman–Crippen MR) is 64.4 cm³/mol. The second-order valence-electron chi connectivity index (χ2n) is 4.97. The van der Waals surface area contributed by atoms with Gasteiger partial charge >= 0.3 is 0 Å². The molecular formula is C12H24N2O2. The molecule has 0 radical (unpaired) electrons. The lowest BCUT2D eigenvalue weighted by molar-refractivity contribution is -0.128. The van der Waals surface area contributed by atoms with Crippen LogP contribution in [0.4, 0.5) is 0 Å². The molecule has 4 nitrogen and oxygen atoms in total. The van der Waals surface area contributed by atoms with Crippen LogP contribution >= 0.6 is 0 Å². The molecule has 1 aliphatic heterocycles. The van der Waals surface area contributed by atoms with Crippen molar-refractivity contribution in [1.29, 1.82) is 0 Å². The van der Waals surface area contributed by atoms with Gasteiger partial charge in [-0.25, -0.2) is 0 Å². The fourth-order valence-corrected chi connectivity index (χ4v) is 1.92. The Kier molecular flexibility index (Phi) is 5.22. The van der Waals surface area contributed by atoms with Crippen molar-refractivity contribution in [2.45, 2.75) is 38.2 Å². The minimum atomic E-state index is 0.0194. The number of amides is 1. The molecule has 1 saturated heterocycles. The van der Waals surface area contributed by atoms with Crippen LogP contribution in [0, 0.1) is 0 Å². The summed E-state index contributed by atoms with van der Waals surface area (Å²) in [6.45, 7) is 4.82. The Morgan fingerprint density at radius 1 is 1.50 bits per heavy atom. The SMILES string of the molecule is CN(C)C(=O)CCCNCC1(C)CCCO1. The number of rotatable bonds is 6. The third-order valence-corrected chi connectivity index (χ3v) is 3.04. The molecule has 16 heavy (non-hydrogen) atoms. The average Bonchev–Trinajstić information content (AvgIpc) is 2.64. The van der Waals surface area contributed by atoms with Crippen LogP contribution in [-0.2, 0) is 9.53 Å². The maximum atomic E-state index is 11.3. The van der Waals surface area contributed by atoms with Gasteiger partial charge in [-0.2, -0.15) is 0 Å². The molecule has 1 amide bonds. The summed E-state index contributed by atoms with van der Waals surface area (Å²) >= 11 is 0. The number of ether oxygens (including phenoxy) is 1. The summed E-state index contributed by atoms with van der Waals surface area (Å²) in [4.78, 5) is 12.9. The van der Waals surface area contributed by atoms with E-state index in [1.807, 2.05) is 0 Å². The Morgan fingerprint density at radius 2 is 2.25 bits per heavy atom. The van der Waals surface area contributed by atoms with Gasteiger partial charge in [0.15, 0.2) is 0 Å². The molecule has 94 valence electrons. The quantitative estimate of drug-likeness (QED) is 0.690. The smallest absolute Gasteiger partial charge is 0.222 e. The summed E-state index contributed by atoms with van der Waals surface area (Å²) in [5.41, 5.74) is 0.0194. The van der Waals surface area contributed by atoms with Crippen LogP contribution in [0.25, 0.3) is 0 Å². The molecule has 1 fully saturated rings. The van der Waals surface area contributed by atoms with Crippen molar-refractivity contribution in [3.8, 4) is 0 Å². The molecule has 0 aromatic heterocycles. The first-order valence-electron chi connectivity index (χ1n) is 6.08. The van der Waals surface area contributed by atoms with Gasteiger partial charge in [-0.1, -0.05) is 0 Å². The third-order valence-electron chi connectivity index (χ3n) is 3.04. The fraction of sp³-hybridized carbons (Fsp3) is 0.917. The Morgan fingerprint density at radius 3 is 2.81 bits per heavy atom. The first-order valence-corrected chi connectivity index (χ1v) is 6.08. The molecule has 0 aliphatic carbocycles. The van der Waals surface area contributed by atoms with E-state index in [-0.39, 0.29) is 11.5 Å². The first-order chi connectivity index (χ1) is 7.53. The second-order valence-corrected chi connectivity index (χ2v) is 4.97. The summed E-state index contributed by atoms with van der Waals surface area (Å²) in [5, 5.41) is 3.37. The predicted octanol–water partition coefficient (Wildman–Crippen LogP) is 1.01. The van der Waals surface area contributed by atoms with E-state index in [0.717, 1.165) is 39.0 Å². The fourth-order valence-electron chi connectivity index (χ4n) is 1.92. The number of carbonyl (C=O) groups is 1. The van der Waals surface area contributed by atoms with E-state index in [9.17, 15) is 4.79 Å². The van der Waals surface area contributed by atoms with Gasteiger partial charge in [0.2, 0.25) is 5.91 Å². The van der Waals surface area contributed by atoms with Crippen LogP contribution < -0.4 is 5.32 Å². The van der Waals surface area contributed by atoms with Gasteiger partial charge in [-0.15, -0.1) is 0 Å². The number of carbonyl (C=O) groups excluding carboxylic acids is 1. The van der Waals surface area contributed by atoms with E-state index in [0.29, 0.717) is 6.42 Å². The Bertz CT molecular complexity index is 223. The topological polar surface area (TPSA) is 41.6 Å². The molecule has 1 rings (SSSR count). The molecule has 4 heteroatoms. The standard InChI is InChI=1S/C12H24N2O2/c1-12(7-5-9-16-12)10-13-8-4-6-11(15)14(2)3/h13H,4-10H2,1-3H3. The number of hydrogen-bond acceptors (Lipinski definition) is 3. The lowest BCUT2D eigenvalue weighted by atomic mass is 10.0. The van der Waals surface area contributed by atoms with Gasteiger partial charge in [0.25, 0.3) is 0 Å². The van der Waals surface area contributed by atoms with E-state index in [1.54, 1.807) is 19.0 Å². The van der Waals surface area contributed by atoms with Gasteiger partial charge in [0, 0.05) is 33.7 Å². The molecule has 1 atom stereocenters. The summed E-state index contributed by atoms with van der Waals surface area (Å²) in [5.74, 6) is 0.199. The normalized spacial score (nSPS) is 24.7. The van der Waals surface area contributed by atoms with Crippen molar-refractivity contribution in [3.63, 3.8) is 0 Å². The zero-order chi connectivity index (χ0) is 12.0. The minimum Gasteiger partial charge on any atom is -0.374 e. The van der Waals surface area contributed by atoms with Crippen molar-refractivity contribution >= 4 is 5.91 Å². The van der Waals surface area contributed by atoms with Crippen molar-refractivity contribution in [1.82, 2.24) is 10.2 Å². The van der Waals surface area contributed by atoms with E-state index in [1.165, 1.54) is 0 Å². The highest BCUT2D eigenvalue weighted by molar-refractivity contribution is 5.75. The van der Waals surface area contributed by atoms with Crippen molar-refractivity contribution in [2.75, 3.05) is 33.8 Å². The Labute approximate surface area is 98.3 Å².